The first-order valence-electron chi connectivity index (χ1n) is 15.1. The quantitative estimate of drug-likeness (QED) is 0.172. The average Bonchev–Trinajstić information content (AvgIpc) is 3.05. The number of rotatable bonds is 14. The van der Waals surface area contributed by atoms with Gasteiger partial charge in [0.05, 0.1) is 17.7 Å². The predicted octanol–water partition coefficient (Wildman–Crippen LogP) is 6.26. The van der Waals surface area contributed by atoms with Crippen LogP contribution in [0.2, 0.25) is 5.02 Å². The van der Waals surface area contributed by atoms with E-state index in [1.807, 2.05) is 75.4 Å². The molecular weight excluding hydrogens is 622 g/mol. The second-order valence-corrected chi connectivity index (χ2v) is 13.8. The van der Waals surface area contributed by atoms with Crippen molar-refractivity contribution in [3.05, 3.63) is 125 Å². The van der Waals surface area contributed by atoms with Gasteiger partial charge in [-0.15, -0.1) is 0 Å². The Balaban J connectivity index is 1.80. The standard InChI is InChI=1S/C36H40ClN3O5S/c1-26(2)23-38-36(42)34(22-28-11-6-5-7-12-28)39(24-29-13-9-8-10-27(29)3)35(41)25-40(31-16-14-30(37)15-17-31)46(43,44)33-20-18-32(45-4)19-21-33/h5-21,26,34H,22-25H2,1-4H3,(H,38,42). The molecule has 10 heteroatoms. The maximum absolute atomic E-state index is 14.6. The minimum absolute atomic E-state index is 0.0167. The lowest BCUT2D eigenvalue weighted by Crippen LogP contribution is -2.53. The van der Waals surface area contributed by atoms with Gasteiger partial charge in [-0.2, -0.15) is 0 Å². The Morgan fingerprint density at radius 1 is 0.870 bits per heavy atom. The van der Waals surface area contributed by atoms with Gasteiger partial charge in [0.1, 0.15) is 18.3 Å². The number of nitrogens with zero attached hydrogens (tertiary/aromatic N) is 2. The van der Waals surface area contributed by atoms with Gasteiger partial charge in [-0.25, -0.2) is 8.42 Å². The molecule has 1 atom stereocenters. The van der Waals surface area contributed by atoms with E-state index in [0.717, 1.165) is 21.0 Å². The summed E-state index contributed by atoms with van der Waals surface area (Å²) in [7, 11) is -2.75. The van der Waals surface area contributed by atoms with Crippen molar-refractivity contribution < 1.29 is 22.7 Å². The van der Waals surface area contributed by atoms with Gasteiger partial charge in [0.15, 0.2) is 0 Å². The number of sulfonamides is 1. The van der Waals surface area contributed by atoms with Crippen LogP contribution in [0.4, 0.5) is 5.69 Å². The summed E-state index contributed by atoms with van der Waals surface area (Å²) >= 11 is 6.15. The molecule has 0 saturated heterocycles. The van der Waals surface area contributed by atoms with Crippen molar-refractivity contribution >= 4 is 39.1 Å². The van der Waals surface area contributed by atoms with Crippen molar-refractivity contribution in [3.63, 3.8) is 0 Å². The molecule has 0 heterocycles. The van der Waals surface area contributed by atoms with E-state index in [1.165, 1.54) is 24.1 Å². The molecule has 0 bridgehead atoms. The van der Waals surface area contributed by atoms with Crippen LogP contribution in [-0.2, 0) is 32.6 Å². The number of carbonyl (C=O) groups excluding carboxylic acids is 2. The predicted molar refractivity (Wildman–Crippen MR) is 182 cm³/mol. The molecule has 8 nitrogen and oxygen atoms in total. The number of hydrogen-bond donors (Lipinski definition) is 1. The summed E-state index contributed by atoms with van der Waals surface area (Å²) in [5, 5.41) is 3.42. The molecule has 46 heavy (non-hydrogen) atoms. The lowest BCUT2D eigenvalue weighted by molar-refractivity contribution is -0.140. The Morgan fingerprint density at radius 3 is 2.11 bits per heavy atom. The minimum Gasteiger partial charge on any atom is -0.497 e. The van der Waals surface area contributed by atoms with Gasteiger partial charge in [-0.05, 0) is 78.1 Å². The van der Waals surface area contributed by atoms with Crippen LogP contribution in [0.5, 0.6) is 5.75 Å². The highest BCUT2D eigenvalue weighted by molar-refractivity contribution is 7.92. The van der Waals surface area contributed by atoms with E-state index < -0.39 is 28.5 Å². The van der Waals surface area contributed by atoms with Gasteiger partial charge in [-0.1, -0.05) is 80.0 Å². The van der Waals surface area contributed by atoms with Crippen LogP contribution < -0.4 is 14.4 Å². The summed E-state index contributed by atoms with van der Waals surface area (Å²) in [5.74, 6) is -0.156. The third-order valence-corrected chi connectivity index (χ3v) is 9.64. The summed E-state index contributed by atoms with van der Waals surface area (Å²) in [5.41, 5.74) is 2.92. The number of carbonyl (C=O) groups is 2. The fourth-order valence-corrected chi connectivity index (χ4v) is 6.50. The molecule has 0 fully saturated rings. The highest BCUT2D eigenvalue weighted by Crippen LogP contribution is 2.27. The zero-order valence-electron chi connectivity index (χ0n) is 26.5. The maximum Gasteiger partial charge on any atom is 0.264 e. The second kappa shape index (κ2) is 15.8. The van der Waals surface area contributed by atoms with Gasteiger partial charge in [0.2, 0.25) is 11.8 Å². The van der Waals surface area contributed by atoms with Crippen molar-refractivity contribution in [2.24, 2.45) is 5.92 Å². The van der Waals surface area contributed by atoms with Crippen LogP contribution in [0.25, 0.3) is 0 Å². The number of methoxy groups -OCH3 is 1. The fourth-order valence-electron chi connectivity index (χ4n) is 4.96. The van der Waals surface area contributed by atoms with Crippen LogP contribution in [-0.4, -0.2) is 51.4 Å². The molecule has 4 aromatic rings. The van der Waals surface area contributed by atoms with E-state index in [0.29, 0.717) is 17.3 Å². The van der Waals surface area contributed by atoms with Gasteiger partial charge >= 0.3 is 0 Å². The van der Waals surface area contributed by atoms with Gasteiger partial charge < -0.3 is 15.0 Å². The number of halogens is 1. The lowest BCUT2D eigenvalue weighted by atomic mass is 10.0. The van der Waals surface area contributed by atoms with Gasteiger partial charge in [0, 0.05) is 24.5 Å². The zero-order valence-corrected chi connectivity index (χ0v) is 28.1. The molecule has 242 valence electrons. The highest BCUT2D eigenvalue weighted by Gasteiger charge is 2.35. The molecule has 1 N–H and O–H groups in total. The number of nitrogens with one attached hydrogen (secondary N) is 1. The Kier molecular flexibility index (Phi) is 11.8. The Bertz CT molecular complexity index is 1710. The van der Waals surface area contributed by atoms with Crippen molar-refractivity contribution in [2.45, 2.75) is 44.7 Å². The molecule has 0 spiro atoms. The minimum atomic E-state index is -4.24. The average molecular weight is 662 g/mol. The van der Waals surface area contributed by atoms with Crippen molar-refractivity contribution in [3.8, 4) is 5.75 Å². The third-order valence-electron chi connectivity index (χ3n) is 7.60. The maximum atomic E-state index is 14.6. The summed E-state index contributed by atoms with van der Waals surface area (Å²) in [6, 6.07) is 28.4. The number of ether oxygens (including phenoxy) is 1. The monoisotopic (exact) mass is 661 g/mol. The number of hydrogen-bond acceptors (Lipinski definition) is 5. The molecule has 0 aliphatic carbocycles. The molecule has 0 saturated carbocycles. The van der Waals surface area contributed by atoms with Gasteiger partial charge in [0.25, 0.3) is 10.0 Å². The van der Waals surface area contributed by atoms with E-state index in [1.54, 1.807) is 36.4 Å². The first-order chi connectivity index (χ1) is 22.0. The summed E-state index contributed by atoms with van der Waals surface area (Å²) in [4.78, 5) is 29.9. The zero-order chi connectivity index (χ0) is 33.3. The number of aryl methyl sites for hydroxylation is 1. The lowest BCUT2D eigenvalue weighted by Gasteiger charge is -2.34. The van der Waals surface area contributed by atoms with Gasteiger partial charge in [-0.3, -0.25) is 13.9 Å². The van der Waals surface area contributed by atoms with Crippen LogP contribution in [0.15, 0.2) is 108 Å². The summed E-state index contributed by atoms with van der Waals surface area (Å²) in [6.07, 6.45) is 0.245. The van der Waals surface area contributed by atoms with E-state index in [-0.39, 0.29) is 35.4 Å². The van der Waals surface area contributed by atoms with Crippen molar-refractivity contribution in [1.82, 2.24) is 10.2 Å². The molecule has 2 amide bonds. The van der Waals surface area contributed by atoms with E-state index in [9.17, 15) is 18.0 Å². The van der Waals surface area contributed by atoms with Crippen molar-refractivity contribution in [2.75, 3.05) is 24.5 Å². The van der Waals surface area contributed by atoms with E-state index >= 15 is 0 Å². The SMILES string of the molecule is COc1ccc(S(=O)(=O)N(CC(=O)N(Cc2ccccc2C)C(Cc2ccccc2)C(=O)NCC(C)C)c2ccc(Cl)cc2)cc1. The first-order valence-corrected chi connectivity index (χ1v) is 16.9. The van der Waals surface area contributed by atoms with Crippen LogP contribution in [0.3, 0.4) is 0 Å². The molecule has 0 aliphatic heterocycles. The molecule has 0 aromatic heterocycles. The van der Waals surface area contributed by atoms with E-state index in [4.69, 9.17) is 16.3 Å². The topological polar surface area (TPSA) is 96.0 Å². The van der Waals surface area contributed by atoms with Crippen LogP contribution >= 0.6 is 11.6 Å². The number of amides is 2. The third kappa shape index (κ3) is 8.89. The van der Waals surface area contributed by atoms with E-state index in [2.05, 4.69) is 5.32 Å². The Labute approximate surface area is 277 Å². The molecular formula is C36H40ClN3O5S. The largest absolute Gasteiger partial charge is 0.497 e. The molecule has 1 unspecified atom stereocenters. The second-order valence-electron chi connectivity index (χ2n) is 11.5. The van der Waals surface area contributed by atoms with Crippen LogP contribution in [0.1, 0.15) is 30.5 Å². The number of benzene rings is 4. The molecule has 0 radical (unpaired) electrons. The summed E-state index contributed by atoms with van der Waals surface area (Å²) in [6.45, 7) is 5.92. The van der Waals surface area contributed by atoms with Crippen molar-refractivity contribution in [1.29, 1.82) is 0 Å². The summed E-state index contributed by atoms with van der Waals surface area (Å²) < 4.78 is 34.6. The number of anilines is 1. The highest BCUT2D eigenvalue weighted by atomic mass is 35.5. The Hall–Kier alpha value is -4.34. The smallest absolute Gasteiger partial charge is 0.264 e. The van der Waals surface area contributed by atoms with Crippen LogP contribution in [0, 0.1) is 12.8 Å². The normalized spacial score (nSPS) is 12.0. The molecule has 0 aliphatic rings. The molecule has 4 aromatic carbocycles. The first kappa shape index (κ1) is 34.5. The fraction of sp³-hybridized carbons (Fsp3) is 0.278. The Morgan fingerprint density at radius 2 is 1.50 bits per heavy atom. The molecule has 4 rings (SSSR count).